The molecule has 0 amide bonds. The number of phenols is 1. The molecule has 1 aromatic carbocycles. The summed E-state index contributed by atoms with van der Waals surface area (Å²) in [4.78, 5) is 2.21. The largest absolute Gasteiger partial charge is 0.508 e. The van der Waals surface area contributed by atoms with Gasteiger partial charge in [0, 0.05) is 36.3 Å². The van der Waals surface area contributed by atoms with Gasteiger partial charge in [-0.05, 0) is 18.6 Å². The van der Waals surface area contributed by atoms with Gasteiger partial charge < -0.3 is 10.8 Å². The molecule has 3 nitrogen and oxygen atoms in total. The Bertz CT molecular complexity index is 336. The lowest BCUT2D eigenvalue weighted by molar-refractivity contribution is 0.320. The number of benzene rings is 1. The van der Waals surface area contributed by atoms with Gasteiger partial charge in [0.25, 0.3) is 0 Å². The first-order valence-electron chi connectivity index (χ1n) is 5.11. The molecular weight excluding hydrogens is 212 g/mol. The predicted molar refractivity (Wildman–Crippen MR) is 61.0 cm³/mol. The fraction of sp³-hybridized carbons (Fsp3) is 0.455. The third-order valence-electron chi connectivity index (χ3n) is 2.78. The van der Waals surface area contributed by atoms with Crippen LogP contribution in [0.5, 0.6) is 5.75 Å². The molecule has 4 heteroatoms. The van der Waals surface area contributed by atoms with Gasteiger partial charge in [-0.2, -0.15) is 0 Å². The maximum Gasteiger partial charge on any atom is 0.121 e. The van der Waals surface area contributed by atoms with E-state index in [1.54, 1.807) is 18.2 Å². The van der Waals surface area contributed by atoms with E-state index >= 15 is 0 Å². The molecule has 1 saturated heterocycles. The fourth-order valence-electron chi connectivity index (χ4n) is 1.93. The molecule has 1 aliphatic rings. The van der Waals surface area contributed by atoms with Crippen LogP contribution in [-0.4, -0.2) is 29.1 Å². The maximum atomic E-state index is 9.68. The summed E-state index contributed by atoms with van der Waals surface area (Å²) in [6.07, 6.45) is 1.02. The Balaban J connectivity index is 2.10. The van der Waals surface area contributed by atoms with Gasteiger partial charge in [-0.1, -0.05) is 17.7 Å². The Morgan fingerprint density at radius 2 is 2.33 bits per heavy atom. The Labute approximate surface area is 94.4 Å². The minimum Gasteiger partial charge on any atom is -0.508 e. The van der Waals surface area contributed by atoms with E-state index in [2.05, 4.69) is 4.90 Å². The molecule has 1 unspecified atom stereocenters. The number of hydrogen-bond acceptors (Lipinski definition) is 3. The minimum absolute atomic E-state index is 0.259. The number of likely N-dealkylation sites (tertiary alicyclic amines) is 1. The van der Waals surface area contributed by atoms with Crippen LogP contribution in [0.1, 0.15) is 12.0 Å². The van der Waals surface area contributed by atoms with E-state index in [9.17, 15) is 5.11 Å². The Hall–Kier alpha value is -0.770. The average Bonchev–Trinajstić information content (AvgIpc) is 2.58. The van der Waals surface area contributed by atoms with Crippen molar-refractivity contribution in [2.75, 3.05) is 13.1 Å². The quantitative estimate of drug-likeness (QED) is 0.805. The summed E-state index contributed by atoms with van der Waals surface area (Å²) < 4.78 is 0. The molecule has 1 aliphatic heterocycles. The lowest BCUT2D eigenvalue weighted by Crippen LogP contribution is -2.26. The van der Waals surface area contributed by atoms with Crippen LogP contribution in [-0.2, 0) is 6.54 Å². The summed E-state index contributed by atoms with van der Waals surface area (Å²) in [7, 11) is 0. The molecule has 0 radical (unpaired) electrons. The topological polar surface area (TPSA) is 49.5 Å². The van der Waals surface area contributed by atoms with Crippen LogP contribution in [0.15, 0.2) is 18.2 Å². The van der Waals surface area contributed by atoms with Crippen molar-refractivity contribution < 1.29 is 5.11 Å². The van der Waals surface area contributed by atoms with E-state index in [-0.39, 0.29) is 11.8 Å². The molecule has 1 aromatic rings. The van der Waals surface area contributed by atoms with Crippen molar-refractivity contribution in [2.45, 2.75) is 19.0 Å². The Morgan fingerprint density at radius 3 is 2.93 bits per heavy atom. The van der Waals surface area contributed by atoms with Crippen molar-refractivity contribution in [1.29, 1.82) is 0 Å². The molecular formula is C11H15ClN2O. The van der Waals surface area contributed by atoms with Gasteiger partial charge in [-0.25, -0.2) is 0 Å². The molecule has 2 rings (SSSR count). The van der Waals surface area contributed by atoms with Crippen LogP contribution in [0.4, 0.5) is 0 Å². The second kappa shape index (κ2) is 4.39. The van der Waals surface area contributed by atoms with Crippen LogP contribution < -0.4 is 5.73 Å². The summed E-state index contributed by atoms with van der Waals surface area (Å²) in [5.41, 5.74) is 6.62. The predicted octanol–water partition coefficient (Wildman–Crippen LogP) is 1.58. The maximum absolute atomic E-state index is 9.68. The summed E-state index contributed by atoms with van der Waals surface area (Å²) in [5, 5.41) is 10.3. The van der Waals surface area contributed by atoms with Crippen molar-refractivity contribution >= 4 is 11.6 Å². The van der Waals surface area contributed by atoms with E-state index in [1.165, 1.54) is 0 Å². The number of hydrogen-bond donors (Lipinski definition) is 2. The van der Waals surface area contributed by atoms with E-state index in [0.29, 0.717) is 11.6 Å². The van der Waals surface area contributed by atoms with Crippen LogP contribution in [0.3, 0.4) is 0 Å². The number of rotatable bonds is 2. The Morgan fingerprint density at radius 1 is 1.53 bits per heavy atom. The minimum atomic E-state index is 0.259. The van der Waals surface area contributed by atoms with Gasteiger partial charge in [0.1, 0.15) is 5.75 Å². The van der Waals surface area contributed by atoms with Gasteiger partial charge in [0.05, 0.1) is 0 Å². The second-order valence-corrected chi connectivity index (χ2v) is 4.43. The van der Waals surface area contributed by atoms with Gasteiger partial charge in [-0.3, -0.25) is 4.90 Å². The molecule has 1 heterocycles. The summed E-state index contributed by atoms with van der Waals surface area (Å²) in [5.74, 6) is 0.267. The third-order valence-corrected chi connectivity index (χ3v) is 3.14. The first-order valence-corrected chi connectivity index (χ1v) is 5.49. The highest BCUT2D eigenvalue weighted by atomic mass is 35.5. The van der Waals surface area contributed by atoms with Gasteiger partial charge >= 0.3 is 0 Å². The molecule has 1 fully saturated rings. The highest BCUT2D eigenvalue weighted by Crippen LogP contribution is 2.27. The van der Waals surface area contributed by atoms with Gasteiger partial charge in [0.2, 0.25) is 0 Å². The molecule has 0 aromatic heterocycles. The highest BCUT2D eigenvalue weighted by molar-refractivity contribution is 6.31. The van der Waals surface area contributed by atoms with Crippen molar-refractivity contribution in [3.05, 3.63) is 28.8 Å². The Kier molecular flexibility index (Phi) is 3.14. The van der Waals surface area contributed by atoms with Crippen LogP contribution in [0.25, 0.3) is 0 Å². The second-order valence-electron chi connectivity index (χ2n) is 4.02. The smallest absolute Gasteiger partial charge is 0.121 e. The number of nitrogens with zero attached hydrogens (tertiary/aromatic N) is 1. The lowest BCUT2D eigenvalue weighted by atomic mass is 10.2. The molecule has 0 bridgehead atoms. The normalized spacial score (nSPS) is 22.1. The zero-order valence-corrected chi connectivity index (χ0v) is 9.24. The van der Waals surface area contributed by atoms with E-state index in [0.717, 1.165) is 25.1 Å². The third kappa shape index (κ3) is 2.43. The first kappa shape index (κ1) is 10.7. The van der Waals surface area contributed by atoms with Crippen LogP contribution >= 0.6 is 11.6 Å². The zero-order chi connectivity index (χ0) is 10.8. The van der Waals surface area contributed by atoms with Gasteiger partial charge in [-0.15, -0.1) is 0 Å². The number of aromatic hydroxyl groups is 1. The van der Waals surface area contributed by atoms with Crippen molar-refractivity contribution in [3.63, 3.8) is 0 Å². The summed E-state index contributed by atoms with van der Waals surface area (Å²) in [6, 6.07) is 5.47. The fourth-order valence-corrected chi connectivity index (χ4v) is 2.16. The van der Waals surface area contributed by atoms with Crippen LogP contribution in [0.2, 0.25) is 5.02 Å². The summed E-state index contributed by atoms with van der Waals surface area (Å²) >= 11 is 6.03. The van der Waals surface area contributed by atoms with E-state index in [4.69, 9.17) is 17.3 Å². The molecule has 1 atom stereocenters. The van der Waals surface area contributed by atoms with E-state index < -0.39 is 0 Å². The van der Waals surface area contributed by atoms with Gasteiger partial charge in [0.15, 0.2) is 0 Å². The monoisotopic (exact) mass is 226 g/mol. The highest BCUT2D eigenvalue weighted by Gasteiger charge is 2.20. The molecule has 3 N–H and O–H groups in total. The molecule has 82 valence electrons. The number of halogens is 1. The first-order chi connectivity index (χ1) is 7.16. The molecule has 15 heavy (non-hydrogen) atoms. The molecule has 0 saturated carbocycles. The van der Waals surface area contributed by atoms with E-state index in [1.807, 2.05) is 0 Å². The average molecular weight is 227 g/mol. The zero-order valence-electron chi connectivity index (χ0n) is 8.49. The number of nitrogens with two attached hydrogens (primary N) is 1. The van der Waals surface area contributed by atoms with Crippen LogP contribution in [0, 0.1) is 0 Å². The van der Waals surface area contributed by atoms with Crippen molar-refractivity contribution in [2.24, 2.45) is 5.73 Å². The SMILES string of the molecule is NC1CCN(Cc2c(O)cccc2Cl)C1. The lowest BCUT2D eigenvalue weighted by Gasteiger charge is -2.16. The standard InChI is InChI=1S/C11H15ClN2O/c12-10-2-1-3-11(15)9(10)7-14-5-4-8(13)6-14/h1-3,8,15H,4-7,13H2. The number of phenolic OH excluding ortho intramolecular Hbond substituents is 1. The summed E-state index contributed by atoms with van der Waals surface area (Å²) in [6.45, 7) is 2.54. The molecule has 0 aliphatic carbocycles. The van der Waals surface area contributed by atoms with Crippen molar-refractivity contribution in [3.8, 4) is 5.75 Å². The molecule has 0 spiro atoms. The van der Waals surface area contributed by atoms with Crippen molar-refractivity contribution in [1.82, 2.24) is 4.90 Å².